The van der Waals surface area contributed by atoms with Gasteiger partial charge in [-0.3, -0.25) is 14.2 Å². The Labute approximate surface area is 208 Å². The number of carbonyl (C=O) groups excluding carboxylic acids is 1. The Morgan fingerprint density at radius 3 is 2.56 bits per heavy atom. The summed E-state index contributed by atoms with van der Waals surface area (Å²) in [6.07, 6.45) is 1.76. The molecule has 174 valence electrons. The number of nitrogens with one attached hydrogen (secondary N) is 1. The highest BCUT2D eigenvalue weighted by Crippen LogP contribution is 2.20. The molecule has 3 aromatic carbocycles. The third-order valence-electron chi connectivity index (χ3n) is 5.50. The van der Waals surface area contributed by atoms with Crippen molar-refractivity contribution in [3.8, 4) is 0 Å². The molecule has 7 heteroatoms. The van der Waals surface area contributed by atoms with Crippen LogP contribution in [0.5, 0.6) is 0 Å². The van der Waals surface area contributed by atoms with Crippen molar-refractivity contribution in [1.29, 1.82) is 0 Å². The largest absolute Gasteiger partial charge is 0.353 e. The number of para-hydroxylation sites is 1. The van der Waals surface area contributed by atoms with Crippen LogP contribution in [0.1, 0.15) is 24.5 Å². The molecule has 1 amide bonds. The van der Waals surface area contributed by atoms with Crippen molar-refractivity contribution < 1.29 is 4.79 Å². The molecule has 1 unspecified atom stereocenters. The smallest absolute Gasteiger partial charge is 0.262 e. The van der Waals surface area contributed by atoms with Crippen molar-refractivity contribution >= 4 is 40.2 Å². The van der Waals surface area contributed by atoms with Gasteiger partial charge < -0.3 is 5.32 Å². The molecule has 0 aliphatic carbocycles. The minimum absolute atomic E-state index is 0.0477. The quantitative estimate of drug-likeness (QED) is 0.254. The summed E-state index contributed by atoms with van der Waals surface area (Å²) in [6, 6.07) is 24.9. The van der Waals surface area contributed by atoms with Gasteiger partial charge in [0.1, 0.15) is 0 Å². The van der Waals surface area contributed by atoms with Gasteiger partial charge in [-0.25, -0.2) is 4.98 Å². The number of fused-ring (bicyclic) bond motifs is 1. The maximum absolute atomic E-state index is 13.3. The number of aryl methyl sites for hydroxylation is 1. The number of rotatable bonds is 9. The van der Waals surface area contributed by atoms with Crippen molar-refractivity contribution in [3.63, 3.8) is 0 Å². The van der Waals surface area contributed by atoms with E-state index in [0.29, 0.717) is 27.6 Å². The second-order valence-electron chi connectivity index (χ2n) is 8.21. The van der Waals surface area contributed by atoms with E-state index < -0.39 is 0 Å². The molecule has 0 radical (unpaired) electrons. The molecule has 0 bridgehead atoms. The predicted molar refractivity (Wildman–Crippen MR) is 140 cm³/mol. The van der Waals surface area contributed by atoms with Gasteiger partial charge in [-0.1, -0.05) is 78.0 Å². The molecule has 0 saturated heterocycles. The first-order chi connectivity index (χ1) is 16.5. The molecule has 1 heterocycles. The Balaban J connectivity index is 1.47. The van der Waals surface area contributed by atoms with E-state index in [-0.39, 0.29) is 23.3 Å². The highest BCUT2D eigenvalue weighted by atomic mass is 35.5. The Kier molecular flexibility index (Phi) is 8.03. The summed E-state index contributed by atoms with van der Waals surface area (Å²) >= 11 is 7.41. The molecule has 1 N–H and O–H groups in total. The van der Waals surface area contributed by atoms with Crippen LogP contribution in [0.2, 0.25) is 5.02 Å². The van der Waals surface area contributed by atoms with Gasteiger partial charge in [-0.05, 0) is 55.2 Å². The van der Waals surface area contributed by atoms with Crippen LogP contribution >= 0.6 is 23.4 Å². The third kappa shape index (κ3) is 6.27. The number of halogens is 1. The molecule has 0 spiro atoms. The molecule has 1 atom stereocenters. The SMILES string of the molecule is CC(CCc1ccccc1)NC(=O)CSc1nc2ccccc2c(=O)n1Cc1cccc(Cl)c1. The van der Waals surface area contributed by atoms with E-state index in [1.807, 2.05) is 61.5 Å². The molecule has 0 fully saturated rings. The summed E-state index contributed by atoms with van der Waals surface area (Å²) in [4.78, 5) is 30.6. The van der Waals surface area contributed by atoms with Crippen LogP contribution in [0.3, 0.4) is 0 Å². The number of nitrogens with zero attached hydrogens (tertiary/aromatic N) is 2. The van der Waals surface area contributed by atoms with E-state index in [1.165, 1.54) is 17.3 Å². The number of thioether (sulfide) groups is 1. The zero-order chi connectivity index (χ0) is 23.9. The topological polar surface area (TPSA) is 64.0 Å². The maximum Gasteiger partial charge on any atom is 0.262 e. The Bertz CT molecular complexity index is 1340. The molecule has 1 aromatic heterocycles. The second-order valence-corrected chi connectivity index (χ2v) is 9.59. The van der Waals surface area contributed by atoms with Crippen LogP contribution in [0, 0.1) is 0 Å². The molecular formula is C27H26ClN3O2S. The van der Waals surface area contributed by atoms with Crippen molar-refractivity contribution in [2.24, 2.45) is 0 Å². The highest BCUT2D eigenvalue weighted by Gasteiger charge is 2.15. The van der Waals surface area contributed by atoms with E-state index in [2.05, 4.69) is 17.4 Å². The highest BCUT2D eigenvalue weighted by molar-refractivity contribution is 7.99. The predicted octanol–water partition coefficient (Wildman–Crippen LogP) is 5.33. The van der Waals surface area contributed by atoms with Gasteiger partial charge >= 0.3 is 0 Å². The van der Waals surface area contributed by atoms with Gasteiger partial charge in [0.2, 0.25) is 5.91 Å². The standard InChI is InChI=1S/C27H26ClN3O2S/c1-19(14-15-20-8-3-2-4-9-20)29-25(32)18-34-27-30-24-13-6-5-12-23(24)26(33)31(27)17-21-10-7-11-22(28)16-21/h2-13,16,19H,14-15,17-18H2,1H3,(H,29,32). The maximum atomic E-state index is 13.3. The number of aromatic nitrogens is 2. The minimum Gasteiger partial charge on any atom is -0.353 e. The molecule has 4 aromatic rings. The first kappa shape index (κ1) is 24.0. The first-order valence-electron chi connectivity index (χ1n) is 11.2. The van der Waals surface area contributed by atoms with Crippen molar-refractivity contribution in [1.82, 2.24) is 14.9 Å². The van der Waals surface area contributed by atoms with Gasteiger partial charge in [0.25, 0.3) is 5.56 Å². The van der Waals surface area contributed by atoms with Gasteiger partial charge in [-0.15, -0.1) is 0 Å². The summed E-state index contributed by atoms with van der Waals surface area (Å²) in [5.74, 6) is 0.0954. The number of hydrogen-bond donors (Lipinski definition) is 1. The lowest BCUT2D eigenvalue weighted by atomic mass is 10.1. The van der Waals surface area contributed by atoms with E-state index in [0.717, 1.165) is 18.4 Å². The van der Waals surface area contributed by atoms with Gasteiger partial charge in [0.05, 0.1) is 23.2 Å². The fourth-order valence-electron chi connectivity index (χ4n) is 3.76. The zero-order valence-electron chi connectivity index (χ0n) is 18.9. The van der Waals surface area contributed by atoms with Crippen molar-refractivity contribution in [2.75, 3.05) is 5.75 Å². The average molecular weight is 492 g/mol. The van der Waals surface area contributed by atoms with Crippen LogP contribution in [0.25, 0.3) is 10.9 Å². The summed E-state index contributed by atoms with van der Waals surface area (Å²) < 4.78 is 1.62. The van der Waals surface area contributed by atoms with Crippen molar-refractivity contribution in [3.05, 3.63) is 105 Å². The van der Waals surface area contributed by atoms with Crippen LogP contribution < -0.4 is 10.9 Å². The molecular weight excluding hydrogens is 466 g/mol. The lowest BCUT2D eigenvalue weighted by Gasteiger charge is -2.15. The molecule has 0 aliphatic rings. The van der Waals surface area contributed by atoms with Gasteiger partial charge in [0, 0.05) is 11.1 Å². The Morgan fingerprint density at radius 1 is 1.03 bits per heavy atom. The fraction of sp³-hybridized carbons (Fsp3) is 0.222. The van der Waals surface area contributed by atoms with Gasteiger partial charge in [0.15, 0.2) is 5.16 Å². The fourth-order valence-corrected chi connectivity index (χ4v) is 4.78. The van der Waals surface area contributed by atoms with Crippen LogP contribution in [0.4, 0.5) is 0 Å². The number of carbonyl (C=O) groups is 1. The van der Waals surface area contributed by atoms with Gasteiger partial charge in [-0.2, -0.15) is 0 Å². The molecule has 4 rings (SSSR count). The van der Waals surface area contributed by atoms with Crippen LogP contribution in [-0.4, -0.2) is 27.3 Å². The summed E-state index contributed by atoms with van der Waals surface area (Å²) in [5.41, 5.74) is 2.63. The molecule has 5 nitrogen and oxygen atoms in total. The Morgan fingerprint density at radius 2 is 1.76 bits per heavy atom. The lowest BCUT2D eigenvalue weighted by molar-refractivity contribution is -0.119. The summed E-state index contributed by atoms with van der Waals surface area (Å²) in [7, 11) is 0. The van der Waals surface area contributed by atoms with Crippen LogP contribution in [-0.2, 0) is 17.8 Å². The summed E-state index contributed by atoms with van der Waals surface area (Å²) in [6.45, 7) is 2.34. The number of benzene rings is 3. The van der Waals surface area contributed by atoms with Crippen LogP contribution in [0.15, 0.2) is 88.8 Å². The average Bonchev–Trinajstić information content (AvgIpc) is 2.84. The monoisotopic (exact) mass is 491 g/mol. The number of amides is 1. The normalized spacial score (nSPS) is 11.9. The van der Waals surface area contributed by atoms with E-state index in [4.69, 9.17) is 16.6 Å². The summed E-state index contributed by atoms with van der Waals surface area (Å²) in [5, 5.41) is 4.72. The molecule has 0 saturated carbocycles. The zero-order valence-corrected chi connectivity index (χ0v) is 20.5. The number of hydrogen-bond acceptors (Lipinski definition) is 4. The van der Waals surface area contributed by atoms with E-state index in [1.54, 1.807) is 16.7 Å². The lowest BCUT2D eigenvalue weighted by Crippen LogP contribution is -2.34. The molecule has 0 aliphatic heterocycles. The van der Waals surface area contributed by atoms with E-state index >= 15 is 0 Å². The molecule has 34 heavy (non-hydrogen) atoms. The second kappa shape index (κ2) is 11.4. The van der Waals surface area contributed by atoms with E-state index in [9.17, 15) is 9.59 Å². The Hall–Kier alpha value is -3.09. The minimum atomic E-state index is -0.135. The first-order valence-corrected chi connectivity index (χ1v) is 12.6. The van der Waals surface area contributed by atoms with Crippen molar-refractivity contribution in [2.45, 2.75) is 37.5 Å². The third-order valence-corrected chi connectivity index (χ3v) is 6.72.